The third-order valence-corrected chi connectivity index (χ3v) is 4.69. The predicted molar refractivity (Wildman–Crippen MR) is 89.1 cm³/mol. The first-order valence-corrected chi connectivity index (χ1v) is 7.90. The lowest BCUT2D eigenvalue weighted by Gasteiger charge is -2.24. The number of phenolic OH excluding ortho intramolecular Hbond substituents is 1. The molecule has 1 aliphatic carbocycles. The molecule has 0 aliphatic heterocycles. The van der Waals surface area contributed by atoms with Crippen LogP contribution in [-0.2, 0) is 0 Å². The van der Waals surface area contributed by atoms with Crippen LogP contribution in [0.15, 0.2) is 6.07 Å². The second kappa shape index (κ2) is 6.83. The zero-order valence-corrected chi connectivity index (χ0v) is 13.6. The summed E-state index contributed by atoms with van der Waals surface area (Å²) in [7, 11) is 0. The van der Waals surface area contributed by atoms with E-state index in [-0.39, 0.29) is 10.8 Å². The quantitative estimate of drug-likeness (QED) is 0.545. The van der Waals surface area contributed by atoms with Crippen LogP contribution in [0.2, 0.25) is 10.0 Å². The molecule has 0 atom stereocenters. The molecule has 1 aromatic rings. The highest BCUT2D eigenvalue weighted by Crippen LogP contribution is 2.38. The molecule has 0 aromatic heterocycles. The first-order chi connectivity index (χ1) is 9.49. The minimum atomic E-state index is -0.0265. The lowest BCUT2D eigenvalue weighted by Crippen LogP contribution is -2.38. The number of hydrogen-bond acceptors (Lipinski definition) is 2. The number of aromatic hydroxyl groups is 1. The van der Waals surface area contributed by atoms with Crippen molar-refractivity contribution < 1.29 is 5.11 Å². The molecule has 1 aromatic carbocycles. The lowest BCUT2D eigenvalue weighted by molar-refractivity contribution is 0.414. The van der Waals surface area contributed by atoms with Gasteiger partial charge in [0, 0.05) is 11.1 Å². The fourth-order valence-electron chi connectivity index (χ4n) is 2.39. The molecular formula is C14H18Cl2N2OS. The molecule has 3 N–H and O–H groups in total. The number of anilines is 1. The maximum absolute atomic E-state index is 10.0. The van der Waals surface area contributed by atoms with Gasteiger partial charge in [0.25, 0.3) is 0 Å². The van der Waals surface area contributed by atoms with Crippen molar-refractivity contribution in [3.05, 3.63) is 21.7 Å². The summed E-state index contributed by atoms with van der Waals surface area (Å²) in [6.45, 7) is 1.76. The van der Waals surface area contributed by atoms with E-state index >= 15 is 0 Å². The zero-order chi connectivity index (χ0) is 14.7. The van der Waals surface area contributed by atoms with Crippen molar-refractivity contribution in [2.24, 2.45) is 0 Å². The van der Waals surface area contributed by atoms with Crippen LogP contribution in [0.4, 0.5) is 5.69 Å². The Kier molecular flexibility index (Phi) is 5.35. The van der Waals surface area contributed by atoms with E-state index in [2.05, 4.69) is 10.6 Å². The molecule has 2 rings (SSSR count). The van der Waals surface area contributed by atoms with E-state index < -0.39 is 0 Å². The molecule has 1 saturated carbocycles. The van der Waals surface area contributed by atoms with Crippen molar-refractivity contribution in [3.8, 4) is 5.75 Å². The molecule has 3 nitrogen and oxygen atoms in total. The van der Waals surface area contributed by atoms with Gasteiger partial charge in [-0.25, -0.2) is 0 Å². The van der Waals surface area contributed by atoms with Gasteiger partial charge in [-0.1, -0.05) is 42.5 Å². The van der Waals surface area contributed by atoms with Crippen molar-refractivity contribution in [3.63, 3.8) is 0 Å². The highest BCUT2D eigenvalue weighted by molar-refractivity contribution is 7.80. The molecule has 6 heteroatoms. The number of thiocarbonyl (C=S) groups is 1. The highest BCUT2D eigenvalue weighted by Gasteiger charge is 2.16. The zero-order valence-electron chi connectivity index (χ0n) is 11.3. The van der Waals surface area contributed by atoms with Crippen molar-refractivity contribution >= 4 is 46.2 Å². The maximum atomic E-state index is 10.0. The highest BCUT2D eigenvalue weighted by atomic mass is 35.5. The normalized spacial score (nSPS) is 15.9. The monoisotopic (exact) mass is 332 g/mol. The molecular weight excluding hydrogens is 315 g/mol. The van der Waals surface area contributed by atoms with Gasteiger partial charge in [-0.15, -0.1) is 0 Å². The molecule has 0 bridgehead atoms. The minimum absolute atomic E-state index is 0.0265. The molecule has 1 fully saturated rings. The predicted octanol–water partition coefficient (Wildman–Crippen LogP) is 4.63. The first kappa shape index (κ1) is 15.7. The van der Waals surface area contributed by atoms with Crippen molar-refractivity contribution in [2.75, 3.05) is 5.32 Å². The van der Waals surface area contributed by atoms with Gasteiger partial charge < -0.3 is 15.7 Å². The van der Waals surface area contributed by atoms with Crippen LogP contribution >= 0.6 is 35.4 Å². The molecule has 0 amide bonds. The summed E-state index contributed by atoms with van der Waals surface area (Å²) in [5.41, 5.74) is 1.08. The summed E-state index contributed by atoms with van der Waals surface area (Å²) in [5, 5.41) is 17.5. The third-order valence-electron chi connectivity index (χ3n) is 3.61. The van der Waals surface area contributed by atoms with E-state index in [1.54, 1.807) is 13.0 Å². The summed E-state index contributed by atoms with van der Waals surface area (Å²) in [4.78, 5) is 0. The Bertz CT molecular complexity index is 516. The second-order valence-electron chi connectivity index (χ2n) is 5.13. The molecule has 0 saturated heterocycles. The second-order valence-corrected chi connectivity index (χ2v) is 6.32. The van der Waals surface area contributed by atoms with Gasteiger partial charge >= 0.3 is 0 Å². The van der Waals surface area contributed by atoms with Crippen molar-refractivity contribution in [1.29, 1.82) is 0 Å². The molecule has 0 heterocycles. The van der Waals surface area contributed by atoms with Gasteiger partial charge in [-0.2, -0.15) is 0 Å². The van der Waals surface area contributed by atoms with Crippen LogP contribution in [0, 0.1) is 6.92 Å². The van der Waals surface area contributed by atoms with Crippen LogP contribution in [-0.4, -0.2) is 16.3 Å². The van der Waals surface area contributed by atoms with Gasteiger partial charge in [0.05, 0.1) is 10.7 Å². The smallest absolute Gasteiger partial charge is 0.171 e. The SMILES string of the molecule is Cc1c(Cl)cc(NC(=S)NC2CCCCC2)c(O)c1Cl. The van der Waals surface area contributed by atoms with E-state index in [1.165, 1.54) is 19.3 Å². The Labute approximate surface area is 134 Å². The number of rotatable bonds is 2. The summed E-state index contributed by atoms with van der Waals surface area (Å²) < 4.78 is 0. The molecule has 1 aliphatic rings. The van der Waals surface area contributed by atoms with E-state index in [0.29, 0.717) is 27.4 Å². The van der Waals surface area contributed by atoms with Gasteiger partial charge in [-0.05, 0) is 43.6 Å². The first-order valence-electron chi connectivity index (χ1n) is 6.74. The Morgan fingerprint density at radius 1 is 1.30 bits per heavy atom. The summed E-state index contributed by atoms with van der Waals surface area (Å²) in [6.07, 6.45) is 6.01. The van der Waals surface area contributed by atoms with Crippen LogP contribution in [0.3, 0.4) is 0 Å². The van der Waals surface area contributed by atoms with Crippen molar-refractivity contribution in [1.82, 2.24) is 5.32 Å². The number of halogens is 2. The van der Waals surface area contributed by atoms with Gasteiger partial charge in [0.2, 0.25) is 0 Å². The van der Waals surface area contributed by atoms with Crippen LogP contribution < -0.4 is 10.6 Å². The van der Waals surface area contributed by atoms with Crippen LogP contribution in [0.25, 0.3) is 0 Å². The molecule has 110 valence electrons. The molecule has 0 radical (unpaired) electrons. The minimum Gasteiger partial charge on any atom is -0.504 e. The Morgan fingerprint density at radius 2 is 1.95 bits per heavy atom. The van der Waals surface area contributed by atoms with E-state index in [0.717, 1.165) is 12.8 Å². The Morgan fingerprint density at radius 3 is 2.60 bits per heavy atom. The molecule has 0 unspecified atom stereocenters. The van der Waals surface area contributed by atoms with Gasteiger partial charge in [0.1, 0.15) is 0 Å². The summed E-state index contributed by atoms with van der Waals surface area (Å²) in [6, 6.07) is 2.04. The topological polar surface area (TPSA) is 44.3 Å². The third kappa shape index (κ3) is 3.68. The number of hydrogen-bond donors (Lipinski definition) is 3. The average molecular weight is 333 g/mol. The fraction of sp³-hybridized carbons (Fsp3) is 0.500. The van der Waals surface area contributed by atoms with Crippen LogP contribution in [0.1, 0.15) is 37.7 Å². The average Bonchev–Trinajstić information content (AvgIpc) is 2.43. The standard InChI is InChI=1S/C14H18Cl2N2OS/c1-8-10(15)7-11(13(19)12(8)16)18-14(20)17-9-5-3-2-4-6-9/h7,9,19H,2-6H2,1H3,(H2,17,18,20). The van der Waals surface area contributed by atoms with Crippen molar-refractivity contribution in [2.45, 2.75) is 45.1 Å². The van der Waals surface area contributed by atoms with E-state index in [4.69, 9.17) is 35.4 Å². The maximum Gasteiger partial charge on any atom is 0.171 e. The number of nitrogens with one attached hydrogen (secondary N) is 2. The van der Waals surface area contributed by atoms with E-state index in [9.17, 15) is 5.11 Å². The van der Waals surface area contributed by atoms with Crippen LogP contribution in [0.5, 0.6) is 5.75 Å². The molecule has 0 spiro atoms. The molecule has 20 heavy (non-hydrogen) atoms. The number of benzene rings is 1. The lowest BCUT2D eigenvalue weighted by atomic mass is 9.96. The Balaban J connectivity index is 2.04. The number of phenols is 1. The fourth-order valence-corrected chi connectivity index (χ4v) is 3.12. The van der Waals surface area contributed by atoms with E-state index in [1.807, 2.05) is 0 Å². The summed E-state index contributed by atoms with van der Waals surface area (Å²) >= 11 is 17.4. The van der Waals surface area contributed by atoms with Gasteiger partial charge in [-0.3, -0.25) is 0 Å². The Hall–Kier alpha value is -0.710. The summed E-state index contributed by atoms with van der Waals surface area (Å²) in [5.74, 6) is -0.0265. The van der Waals surface area contributed by atoms with Gasteiger partial charge in [0.15, 0.2) is 10.9 Å². The largest absolute Gasteiger partial charge is 0.504 e.